The number of carbonyl (C=O) groups is 1. The van der Waals surface area contributed by atoms with Gasteiger partial charge in [0.15, 0.2) is 0 Å². The maximum Gasteiger partial charge on any atom is 0.491 e. The number of benzene rings is 1. The normalized spacial score (nSPS) is 20.2. The fourth-order valence-electron chi connectivity index (χ4n) is 2.26. The number of hydrogen-bond acceptors (Lipinski definition) is 4. The Bertz CT molecular complexity index is 595. The van der Waals surface area contributed by atoms with Gasteiger partial charge in [0.1, 0.15) is 0 Å². The summed E-state index contributed by atoms with van der Waals surface area (Å²) in [5.41, 5.74) is 12.3. The molecule has 1 amide bonds. The minimum absolute atomic E-state index is 0.268. The molecule has 2 rings (SSSR count). The fraction of sp³-hybridized carbons (Fsp3) is 0.438. The van der Waals surface area contributed by atoms with Crippen molar-refractivity contribution in [3.8, 4) is 0 Å². The maximum absolute atomic E-state index is 11.5. The maximum atomic E-state index is 11.5. The van der Waals surface area contributed by atoms with Crippen molar-refractivity contribution in [3.05, 3.63) is 40.9 Å². The Morgan fingerprint density at radius 3 is 2.23 bits per heavy atom. The first-order valence-electron chi connectivity index (χ1n) is 7.33. The highest BCUT2D eigenvalue weighted by atomic mass is 16.7. The molecule has 1 fully saturated rings. The van der Waals surface area contributed by atoms with Gasteiger partial charge in [-0.25, -0.2) is 0 Å². The summed E-state index contributed by atoms with van der Waals surface area (Å²) >= 11 is 0. The largest absolute Gasteiger partial charge is 0.491 e. The second-order valence-electron chi connectivity index (χ2n) is 6.46. The number of primary amides is 1. The lowest BCUT2D eigenvalue weighted by Gasteiger charge is -2.32. The minimum Gasteiger partial charge on any atom is -0.400 e. The third kappa shape index (κ3) is 3.09. The Morgan fingerprint density at radius 2 is 1.73 bits per heavy atom. The van der Waals surface area contributed by atoms with Gasteiger partial charge in [0.05, 0.1) is 11.2 Å². The predicted molar refractivity (Wildman–Crippen MR) is 88.1 cm³/mol. The van der Waals surface area contributed by atoms with Gasteiger partial charge < -0.3 is 20.8 Å². The molecule has 1 aromatic carbocycles. The lowest BCUT2D eigenvalue weighted by molar-refractivity contribution is 0.00578. The van der Waals surface area contributed by atoms with Crippen LogP contribution in [0.5, 0.6) is 0 Å². The Morgan fingerprint density at radius 1 is 1.18 bits per heavy atom. The van der Waals surface area contributed by atoms with Crippen LogP contribution in [0, 0.1) is 0 Å². The van der Waals surface area contributed by atoms with Crippen LogP contribution >= 0.6 is 0 Å². The zero-order valence-corrected chi connectivity index (χ0v) is 13.6. The molecule has 5 nitrogen and oxygen atoms in total. The average Bonchev–Trinajstić information content (AvgIpc) is 2.64. The first-order valence-corrected chi connectivity index (χ1v) is 7.33. The third-order valence-electron chi connectivity index (χ3n) is 4.36. The fourth-order valence-corrected chi connectivity index (χ4v) is 2.26. The molecule has 22 heavy (non-hydrogen) atoms. The zero-order chi connectivity index (χ0) is 16.5. The molecule has 4 N–H and O–H groups in total. The van der Waals surface area contributed by atoms with E-state index in [-0.39, 0.29) is 6.54 Å². The molecular weight excluding hydrogens is 279 g/mol. The first kappa shape index (κ1) is 16.7. The molecule has 0 bridgehead atoms. The number of hydrogen-bond donors (Lipinski definition) is 2. The van der Waals surface area contributed by atoms with Crippen molar-refractivity contribution in [1.29, 1.82) is 0 Å². The van der Waals surface area contributed by atoms with E-state index >= 15 is 0 Å². The van der Waals surface area contributed by atoms with Crippen molar-refractivity contribution < 1.29 is 14.1 Å². The summed E-state index contributed by atoms with van der Waals surface area (Å²) in [6.45, 7) is 8.21. The summed E-state index contributed by atoms with van der Waals surface area (Å²) in [5, 5.41) is 0. The second-order valence-corrected chi connectivity index (χ2v) is 6.46. The molecule has 0 unspecified atom stereocenters. The third-order valence-corrected chi connectivity index (χ3v) is 4.36. The van der Waals surface area contributed by atoms with Crippen molar-refractivity contribution in [1.82, 2.24) is 0 Å². The Hall–Kier alpha value is -1.63. The van der Waals surface area contributed by atoms with E-state index in [1.54, 1.807) is 12.1 Å². The predicted octanol–water partition coefficient (Wildman–Crippen LogP) is 1.76. The Labute approximate surface area is 131 Å². The van der Waals surface area contributed by atoms with E-state index in [9.17, 15) is 4.79 Å². The summed E-state index contributed by atoms with van der Waals surface area (Å²) in [7, 11) is -0.532. The molecule has 0 spiro atoms. The van der Waals surface area contributed by atoms with Gasteiger partial charge in [-0.2, -0.15) is 0 Å². The highest BCUT2D eigenvalue weighted by Gasteiger charge is 2.52. The van der Waals surface area contributed by atoms with Crippen molar-refractivity contribution >= 4 is 19.1 Å². The van der Waals surface area contributed by atoms with Crippen LogP contribution in [-0.4, -0.2) is 30.8 Å². The zero-order valence-electron chi connectivity index (χ0n) is 13.6. The highest BCUT2D eigenvalue weighted by molar-refractivity contribution is 6.56. The van der Waals surface area contributed by atoms with Gasteiger partial charge in [-0.1, -0.05) is 24.3 Å². The van der Waals surface area contributed by atoms with Crippen LogP contribution in [0.25, 0.3) is 6.08 Å². The number of rotatable bonds is 4. The van der Waals surface area contributed by atoms with E-state index in [0.717, 1.165) is 5.47 Å². The van der Waals surface area contributed by atoms with Crippen LogP contribution in [0.4, 0.5) is 0 Å². The molecule has 0 saturated carbocycles. The number of carbonyl (C=O) groups excluding carboxylic acids is 1. The van der Waals surface area contributed by atoms with Gasteiger partial charge in [-0.05, 0) is 44.8 Å². The minimum atomic E-state index is -0.532. The SMILES string of the molecule is CC1(C)OB(C(=Cc2ccccc2C(N)=O)CN)OC1(C)C. The van der Waals surface area contributed by atoms with E-state index in [4.69, 9.17) is 20.8 Å². The van der Waals surface area contributed by atoms with E-state index in [1.165, 1.54) is 0 Å². The van der Waals surface area contributed by atoms with Gasteiger partial charge in [0.25, 0.3) is 0 Å². The smallest absolute Gasteiger partial charge is 0.400 e. The van der Waals surface area contributed by atoms with Gasteiger partial charge >= 0.3 is 7.12 Å². The topological polar surface area (TPSA) is 87.6 Å². The van der Waals surface area contributed by atoms with E-state index in [0.29, 0.717) is 11.1 Å². The lowest BCUT2D eigenvalue weighted by Crippen LogP contribution is -2.41. The van der Waals surface area contributed by atoms with Crippen molar-refractivity contribution in [2.45, 2.75) is 38.9 Å². The highest BCUT2D eigenvalue weighted by Crippen LogP contribution is 2.38. The van der Waals surface area contributed by atoms with Crippen LogP contribution < -0.4 is 11.5 Å². The molecule has 0 atom stereocenters. The van der Waals surface area contributed by atoms with Crippen LogP contribution in [0.15, 0.2) is 29.7 Å². The van der Waals surface area contributed by atoms with E-state index in [2.05, 4.69) is 0 Å². The molecule has 1 aliphatic heterocycles. The van der Waals surface area contributed by atoms with Crippen molar-refractivity contribution in [3.63, 3.8) is 0 Å². The van der Waals surface area contributed by atoms with E-state index < -0.39 is 24.2 Å². The number of amides is 1. The molecular formula is C16H23BN2O3. The monoisotopic (exact) mass is 302 g/mol. The van der Waals surface area contributed by atoms with Crippen LogP contribution in [0.2, 0.25) is 0 Å². The molecule has 0 aromatic heterocycles. The van der Waals surface area contributed by atoms with Crippen molar-refractivity contribution in [2.75, 3.05) is 6.54 Å². The second kappa shape index (κ2) is 5.87. The van der Waals surface area contributed by atoms with Crippen LogP contribution in [0.1, 0.15) is 43.6 Å². The molecule has 0 radical (unpaired) electrons. The molecule has 1 aliphatic rings. The van der Waals surface area contributed by atoms with Crippen LogP contribution in [0.3, 0.4) is 0 Å². The van der Waals surface area contributed by atoms with Gasteiger partial charge in [-0.3, -0.25) is 4.79 Å². The van der Waals surface area contributed by atoms with Crippen LogP contribution in [-0.2, 0) is 9.31 Å². The van der Waals surface area contributed by atoms with Gasteiger partial charge in [0.2, 0.25) is 5.91 Å². The van der Waals surface area contributed by atoms with Crippen molar-refractivity contribution in [2.24, 2.45) is 11.5 Å². The molecule has 6 heteroatoms. The standard InChI is InChI=1S/C16H23BN2O3/c1-15(2)16(3,4)22-17(21-15)12(10-18)9-11-7-5-6-8-13(11)14(19)20/h5-9H,10,18H2,1-4H3,(H2,19,20). The molecule has 118 valence electrons. The summed E-state index contributed by atoms with van der Waals surface area (Å²) in [4.78, 5) is 11.5. The quantitative estimate of drug-likeness (QED) is 0.830. The average molecular weight is 302 g/mol. The lowest BCUT2D eigenvalue weighted by atomic mass is 9.77. The summed E-state index contributed by atoms with van der Waals surface area (Å²) in [6, 6.07) is 7.12. The Balaban J connectivity index is 2.36. The van der Waals surface area contributed by atoms with Gasteiger partial charge in [-0.15, -0.1) is 0 Å². The molecule has 1 saturated heterocycles. The molecule has 0 aliphatic carbocycles. The number of nitrogens with two attached hydrogens (primary N) is 2. The van der Waals surface area contributed by atoms with E-state index in [1.807, 2.05) is 45.9 Å². The molecule has 1 heterocycles. The Kier molecular flexibility index (Phi) is 4.47. The molecule has 1 aromatic rings. The van der Waals surface area contributed by atoms with Gasteiger partial charge in [0, 0.05) is 12.1 Å². The summed E-state index contributed by atoms with van der Waals surface area (Å²) in [5.74, 6) is -0.475. The first-order chi connectivity index (χ1) is 10.2. The summed E-state index contributed by atoms with van der Waals surface area (Å²) < 4.78 is 12.0. The summed E-state index contributed by atoms with van der Waals surface area (Å²) in [6.07, 6.45) is 1.82.